The molecule has 24 heavy (non-hydrogen) atoms. The molecule has 0 aliphatic carbocycles. The average molecular weight is 378 g/mol. The van der Waals surface area contributed by atoms with Crippen LogP contribution in [0.4, 0.5) is 5.69 Å². The quantitative estimate of drug-likeness (QED) is 0.632. The fraction of sp³-hybridized carbons (Fsp3) is 0.0588. The molecule has 122 valence electrons. The van der Waals surface area contributed by atoms with E-state index < -0.39 is 0 Å². The maximum atomic E-state index is 12.7. The largest absolute Gasteiger partial charge is 0.504 e. The van der Waals surface area contributed by atoms with Crippen molar-refractivity contribution in [1.29, 1.82) is 0 Å². The summed E-state index contributed by atoms with van der Waals surface area (Å²) in [6.07, 6.45) is 1.71. The first kappa shape index (κ1) is 16.8. The van der Waals surface area contributed by atoms with Gasteiger partial charge in [0.25, 0.3) is 5.91 Å². The predicted molar refractivity (Wildman–Crippen MR) is 102 cm³/mol. The molecule has 0 aromatic heterocycles. The van der Waals surface area contributed by atoms with Crippen molar-refractivity contribution in [2.24, 2.45) is 0 Å². The summed E-state index contributed by atoms with van der Waals surface area (Å²) in [4.78, 5) is 14.6. The van der Waals surface area contributed by atoms with Crippen LogP contribution in [0, 0.1) is 0 Å². The molecule has 0 saturated carbocycles. The maximum absolute atomic E-state index is 12.7. The van der Waals surface area contributed by atoms with Gasteiger partial charge < -0.3 is 9.84 Å². The minimum Gasteiger partial charge on any atom is -0.504 e. The van der Waals surface area contributed by atoms with E-state index in [-0.39, 0.29) is 11.7 Å². The molecule has 0 radical (unpaired) electrons. The Morgan fingerprint density at radius 1 is 1.29 bits per heavy atom. The van der Waals surface area contributed by atoms with Crippen molar-refractivity contribution in [3.05, 3.63) is 58.0 Å². The molecule has 0 unspecified atom stereocenters. The Kier molecular flexibility index (Phi) is 4.80. The van der Waals surface area contributed by atoms with E-state index in [9.17, 15) is 9.90 Å². The van der Waals surface area contributed by atoms with Crippen molar-refractivity contribution in [2.45, 2.75) is 0 Å². The van der Waals surface area contributed by atoms with E-state index in [4.69, 9.17) is 28.6 Å². The number of hydrogen-bond donors (Lipinski definition) is 1. The molecule has 4 nitrogen and oxygen atoms in total. The summed E-state index contributed by atoms with van der Waals surface area (Å²) in [5, 5.41) is 10.2. The van der Waals surface area contributed by atoms with Crippen molar-refractivity contribution in [2.75, 3.05) is 12.0 Å². The number of thioether (sulfide) groups is 1. The summed E-state index contributed by atoms with van der Waals surface area (Å²) < 4.78 is 5.52. The number of rotatable bonds is 3. The highest BCUT2D eigenvalue weighted by molar-refractivity contribution is 8.27. The number of nitrogens with zero attached hydrogens (tertiary/aromatic N) is 1. The molecule has 1 aliphatic rings. The number of anilines is 1. The van der Waals surface area contributed by atoms with Gasteiger partial charge >= 0.3 is 0 Å². The summed E-state index contributed by atoms with van der Waals surface area (Å²) in [5.74, 6) is 0.175. The summed E-state index contributed by atoms with van der Waals surface area (Å²) in [5.41, 5.74) is 1.37. The zero-order chi connectivity index (χ0) is 17.3. The van der Waals surface area contributed by atoms with E-state index in [1.165, 1.54) is 29.8 Å². The Hall–Kier alpha value is -2.02. The zero-order valence-electron chi connectivity index (χ0n) is 12.5. The molecule has 1 amide bonds. The first-order valence-corrected chi connectivity index (χ1v) is 8.50. The number of ether oxygens (including phenoxy) is 1. The zero-order valence-corrected chi connectivity index (χ0v) is 14.9. The van der Waals surface area contributed by atoms with Gasteiger partial charge in [0.1, 0.15) is 0 Å². The smallest absolute Gasteiger partial charge is 0.270 e. The Bertz CT molecular complexity index is 867. The number of amides is 1. The van der Waals surface area contributed by atoms with Gasteiger partial charge in [-0.3, -0.25) is 9.69 Å². The van der Waals surface area contributed by atoms with Gasteiger partial charge in [0.05, 0.1) is 17.7 Å². The highest BCUT2D eigenvalue weighted by Gasteiger charge is 2.33. The number of aromatic hydroxyl groups is 1. The number of hydrogen-bond acceptors (Lipinski definition) is 5. The molecule has 1 aliphatic heterocycles. The molecule has 1 N–H and O–H groups in total. The second-order valence-corrected chi connectivity index (χ2v) is 7.04. The molecule has 7 heteroatoms. The van der Waals surface area contributed by atoms with Gasteiger partial charge in [0.2, 0.25) is 0 Å². The van der Waals surface area contributed by atoms with Crippen LogP contribution in [0.25, 0.3) is 6.08 Å². The van der Waals surface area contributed by atoms with Gasteiger partial charge in [-0.05, 0) is 42.0 Å². The van der Waals surface area contributed by atoms with Crippen molar-refractivity contribution >= 4 is 57.6 Å². The van der Waals surface area contributed by atoms with Gasteiger partial charge in [-0.25, -0.2) is 0 Å². The minimum absolute atomic E-state index is 0.0427. The Morgan fingerprint density at radius 3 is 2.79 bits per heavy atom. The SMILES string of the molecule is COc1cc(C=C2SC(=S)N(c3cccc(Cl)c3)C2=O)ccc1O. The van der Waals surface area contributed by atoms with Crippen LogP contribution in [-0.4, -0.2) is 22.4 Å². The average Bonchev–Trinajstić information content (AvgIpc) is 2.83. The second kappa shape index (κ2) is 6.84. The molecule has 0 spiro atoms. The third-order valence-electron chi connectivity index (χ3n) is 3.36. The number of thiocarbonyl (C=S) groups is 1. The van der Waals surface area contributed by atoms with Crippen LogP contribution in [0.1, 0.15) is 5.56 Å². The minimum atomic E-state index is -0.209. The Balaban J connectivity index is 1.94. The summed E-state index contributed by atoms with van der Waals surface area (Å²) in [6, 6.07) is 11.8. The fourth-order valence-electron chi connectivity index (χ4n) is 2.24. The normalized spacial score (nSPS) is 16.1. The monoisotopic (exact) mass is 377 g/mol. The third-order valence-corrected chi connectivity index (χ3v) is 4.90. The van der Waals surface area contributed by atoms with Crippen LogP contribution in [-0.2, 0) is 4.79 Å². The lowest BCUT2D eigenvalue weighted by atomic mass is 10.2. The molecule has 2 aromatic rings. The summed E-state index contributed by atoms with van der Waals surface area (Å²) in [6.45, 7) is 0. The first-order valence-electron chi connectivity index (χ1n) is 6.90. The lowest BCUT2D eigenvalue weighted by Crippen LogP contribution is -2.27. The topological polar surface area (TPSA) is 49.8 Å². The Labute approximate surface area is 153 Å². The molecule has 0 bridgehead atoms. The van der Waals surface area contributed by atoms with Crippen molar-refractivity contribution in [3.8, 4) is 11.5 Å². The van der Waals surface area contributed by atoms with E-state index in [2.05, 4.69) is 0 Å². The van der Waals surface area contributed by atoms with Crippen molar-refractivity contribution in [3.63, 3.8) is 0 Å². The summed E-state index contributed by atoms with van der Waals surface area (Å²) >= 11 is 12.5. The lowest BCUT2D eigenvalue weighted by Gasteiger charge is -2.14. The number of phenols is 1. The highest BCUT2D eigenvalue weighted by atomic mass is 35.5. The van der Waals surface area contributed by atoms with E-state index in [0.29, 0.717) is 25.7 Å². The van der Waals surface area contributed by atoms with Gasteiger partial charge in [0, 0.05) is 5.02 Å². The molecule has 3 rings (SSSR count). The second-order valence-electron chi connectivity index (χ2n) is 4.93. The van der Waals surface area contributed by atoms with Crippen LogP contribution >= 0.6 is 35.6 Å². The fourth-order valence-corrected chi connectivity index (χ4v) is 3.72. The van der Waals surface area contributed by atoms with E-state index >= 15 is 0 Å². The maximum Gasteiger partial charge on any atom is 0.270 e. The van der Waals surface area contributed by atoms with E-state index in [1.807, 2.05) is 0 Å². The van der Waals surface area contributed by atoms with Crippen LogP contribution < -0.4 is 9.64 Å². The standard InChI is InChI=1S/C17H12ClNO3S2/c1-22-14-7-10(5-6-13(14)20)8-15-16(21)19(17(23)24-15)12-4-2-3-11(18)9-12/h2-9,20H,1H3. The van der Waals surface area contributed by atoms with Crippen LogP contribution in [0.5, 0.6) is 11.5 Å². The van der Waals surface area contributed by atoms with Gasteiger partial charge in [-0.1, -0.05) is 47.7 Å². The molecular weight excluding hydrogens is 366 g/mol. The van der Waals surface area contributed by atoms with E-state index in [1.54, 1.807) is 42.5 Å². The number of carbonyl (C=O) groups excluding carboxylic acids is 1. The molecule has 1 heterocycles. The number of methoxy groups -OCH3 is 1. The van der Waals surface area contributed by atoms with Crippen LogP contribution in [0.2, 0.25) is 5.02 Å². The first-order chi connectivity index (χ1) is 11.5. The number of carbonyl (C=O) groups is 1. The van der Waals surface area contributed by atoms with E-state index in [0.717, 1.165) is 5.56 Å². The van der Waals surface area contributed by atoms with Gasteiger partial charge in [-0.2, -0.15) is 0 Å². The predicted octanol–water partition coefficient (Wildman–Crippen LogP) is 4.46. The lowest BCUT2D eigenvalue weighted by molar-refractivity contribution is -0.113. The Morgan fingerprint density at radius 2 is 2.08 bits per heavy atom. The summed E-state index contributed by atoms with van der Waals surface area (Å²) in [7, 11) is 1.47. The van der Waals surface area contributed by atoms with Crippen LogP contribution in [0.3, 0.4) is 0 Å². The molecule has 2 aromatic carbocycles. The molecular formula is C17H12ClNO3S2. The molecule has 1 fully saturated rings. The number of benzene rings is 2. The molecule has 1 saturated heterocycles. The van der Waals surface area contributed by atoms with Gasteiger partial charge in [-0.15, -0.1) is 0 Å². The van der Waals surface area contributed by atoms with Crippen LogP contribution in [0.15, 0.2) is 47.4 Å². The van der Waals surface area contributed by atoms with Crippen molar-refractivity contribution < 1.29 is 14.6 Å². The van der Waals surface area contributed by atoms with Crippen molar-refractivity contribution in [1.82, 2.24) is 0 Å². The number of halogens is 1. The number of phenolic OH excluding ortho intramolecular Hbond substituents is 1. The van der Waals surface area contributed by atoms with Gasteiger partial charge in [0.15, 0.2) is 15.8 Å². The third kappa shape index (κ3) is 3.26. The highest BCUT2D eigenvalue weighted by Crippen LogP contribution is 2.37. The molecule has 0 atom stereocenters.